The maximum absolute atomic E-state index is 14.6. The van der Waals surface area contributed by atoms with E-state index < -0.39 is 29.0 Å². The topological polar surface area (TPSA) is 52.7 Å². The first-order valence-corrected chi connectivity index (χ1v) is 9.76. The molecular formula is C24H21F2N3O2. The Balaban J connectivity index is 1.83. The highest BCUT2D eigenvalue weighted by Crippen LogP contribution is 2.46. The van der Waals surface area contributed by atoms with Crippen molar-refractivity contribution in [2.75, 3.05) is 29.2 Å². The van der Waals surface area contributed by atoms with E-state index in [-0.39, 0.29) is 17.8 Å². The molecule has 1 N–H and O–H groups in total. The Morgan fingerprint density at radius 3 is 2.13 bits per heavy atom. The molecule has 1 saturated heterocycles. The van der Waals surface area contributed by atoms with Crippen molar-refractivity contribution in [3.8, 4) is 0 Å². The molecule has 0 saturated carbocycles. The standard InChI is InChI=1S/C24H21F2N3O2/c1-28(2)17-13-11-16(12-14-17)24(23(31)27-20-9-5-3-7-18(20)25)15-22(30)29(24)21-10-6-4-8-19(21)26/h3-14H,15H2,1-2H3,(H,27,31). The lowest BCUT2D eigenvalue weighted by molar-refractivity contribution is -0.137. The number of para-hydroxylation sites is 2. The number of carbonyl (C=O) groups excluding carboxylic acids is 2. The number of amides is 2. The van der Waals surface area contributed by atoms with Gasteiger partial charge in [-0.05, 0) is 42.0 Å². The van der Waals surface area contributed by atoms with Gasteiger partial charge in [0, 0.05) is 19.8 Å². The number of rotatable bonds is 5. The summed E-state index contributed by atoms with van der Waals surface area (Å²) in [4.78, 5) is 29.2. The van der Waals surface area contributed by atoms with Crippen molar-refractivity contribution in [2.45, 2.75) is 12.0 Å². The molecule has 158 valence electrons. The highest BCUT2D eigenvalue weighted by atomic mass is 19.1. The monoisotopic (exact) mass is 421 g/mol. The number of β-lactam (4-membered cyclic amide) rings is 1. The number of benzene rings is 3. The van der Waals surface area contributed by atoms with Crippen molar-refractivity contribution >= 4 is 28.9 Å². The van der Waals surface area contributed by atoms with Crippen LogP contribution in [-0.4, -0.2) is 25.9 Å². The molecule has 1 unspecified atom stereocenters. The molecular weight excluding hydrogens is 400 g/mol. The second-order valence-corrected chi connectivity index (χ2v) is 7.59. The van der Waals surface area contributed by atoms with E-state index >= 15 is 0 Å². The smallest absolute Gasteiger partial charge is 0.256 e. The van der Waals surface area contributed by atoms with Gasteiger partial charge >= 0.3 is 0 Å². The molecule has 0 aliphatic carbocycles. The quantitative estimate of drug-likeness (QED) is 0.625. The predicted molar refractivity (Wildman–Crippen MR) is 116 cm³/mol. The van der Waals surface area contributed by atoms with Gasteiger partial charge in [-0.25, -0.2) is 8.78 Å². The van der Waals surface area contributed by atoms with Crippen LogP contribution in [0.5, 0.6) is 0 Å². The highest BCUT2D eigenvalue weighted by Gasteiger charge is 2.59. The van der Waals surface area contributed by atoms with Crippen LogP contribution in [0.2, 0.25) is 0 Å². The largest absolute Gasteiger partial charge is 0.378 e. The van der Waals surface area contributed by atoms with Gasteiger partial charge in [0.25, 0.3) is 5.91 Å². The molecule has 1 fully saturated rings. The van der Waals surface area contributed by atoms with Crippen molar-refractivity contribution in [1.29, 1.82) is 0 Å². The van der Waals surface area contributed by atoms with Crippen molar-refractivity contribution < 1.29 is 18.4 Å². The summed E-state index contributed by atoms with van der Waals surface area (Å²) in [6, 6.07) is 18.7. The number of nitrogens with one attached hydrogen (secondary N) is 1. The Kier molecular flexibility index (Phi) is 5.19. The maximum Gasteiger partial charge on any atom is 0.256 e. The zero-order valence-corrected chi connectivity index (χ0v) is 17.1. The van der Waals surface area contributed by atoms with Gasteiger partial charge in [0.1, 0.15) is 11.6 Å². The van der Waals surface area contributed by atoms with Crippen LogP contribution < -0.4 is 15.1 Å². The van der Waals surface area contributed by atoms with Gasteiger partial charge in [-0.15, -0.1) is 0 Å². The molecule has 1 heterocycles. The summed E-state index contributed by atoms with van der Waals surface area (Å²) in [5.41, 5.74) is -0.109. The zero-order valence-electron chi connectivity index (χ0n) is 17.1. The van der Waals surface area contributed by atoms with Gasteiger partial charge in [0.15, 0.2) is 5.54 Å². The molecule has 0 spiro atoms. The first-order valence-electron chi connectivity index (χ1n) is 9.76. The lowest BCUT2D eigenvalue weighted by Gasteiger charge is -2.50. The molecule has 1 aliphatic rings. The minimum Gasteiger partial charge on any atom is -0.378 e. The molecule has 1 atom stereocenters. The molecule has 0 bridgehead atoms. The fraction of sp³-hybridized carbons (Fsp3) is 0.167. The van der Waals surface area contributed by atoms with Crippen LogP contribution in [0.25, 0.3) is 0 Å². The van der Waals surface area contributed by atoms with E-state index in [0.29, 0.717) is 5.56 Å². The van der Waals surface area contributed by atoms with Crippen LogP contribution in [0.3, 0.4) is 0 Å². The summed E-state index contributed by atoms with van der Waals surface area (Å²) in [5, 5.41) is 2.59. The number of hydrogen-bond acceptors (Lipinski definition) is 3. The second-order valence-electron chi connectivity index (χ2n) is 7.59. The summed E-state index contributed by atoms with van der Waals surface area (Å²) in [6.07, 6.45) is -0.164. The van der Waals surface area contributed by atoms with Gasteiger partial charge in [-0.3, -0.25) is 14.5 Å². The zero-order chi connectivity index (χ0) is 22.2. The average molecular weight is 421 g/mol. The third kappa shape index (κ3) is 3.42. The predicted octanol–water partition coefficient (Wildman–Crippen LogP) is 4.30. The van der Waals surface area contributed by atoms with Gasteiger partial charge < -0.3 is 10.2 Å². The molecule has 3 aromatic rings. The molecule has 7 heteroatoms. The van der Waals surface area contributed by atoms with Crippen LogP contribution in [0.15, 0.2) is 72.8 Å². The van der Waals surface area contributed by atoms with Crippen LogP contribution in [-0.2, 0) is 15.1 Å². The van der Waals surface area contributed by atoms with Crippen molar-refractivity contribution in [2.24, 2.45) is 0 Å². The normalized spacial score (nSPS) is 17.8. The van der Waals surface area contributed by atoms with Gasteiger partial charge in [-0.1, -0.05) is 36.4 Å². The second kappa shape index (κ2) is 7.83. The van der Waals surface area contributed by atoms with Crippen molar-refractivity contribution in [3.05, 3.63) is 90.0 Å². The molecule has 31 heavy (non-hydrogen) atoms. The van der Waals surface area contributed by atoms with Crippen molar-refractivity contribution in [3.63, 3.8) is 0 Å². The number of nitrogens with zero attached hydrogens (tertiary/aromatic N) is 2. The van der Waals surface area contributed by atoms with Crippen LogP contribution in [0, 0.1) is 11.6 Å². The van der Waals surface area contributed by atoms with Crippen LogP contribution in [0.4, 0.5) is 25.8 Å². The van der Waals surface area contributed by atoms with Crippen molar-refractivity contribution in [1.82, 2.24) is 0 Å². The molecule has 3 aromatic carbocycles. The van der Waals surface area contributed by atoms with E-state index in [9.17, 15) is 18.4 Å². The average Bonchev–Trinajstić information content (AvgIpc) is 2.75. The molecule has 5 nitrogen and oxygen atoms in total. The Morgan fingerprint density at radius 2 is 1.55 bits per heavy atom. The number of hydrogen-bond donors (Lipinski definition) is 1. The fourth-order valence-corrected chi connectivity index (χ4v) is 3.84. The highest BCUT2D eigenvalue weighted by molar-refractivity contribution is 6.17. The SMILES string of the molecule is CN(C)c1ccc(C2(C(=O)Nc3ccccc3F)CC(=O)N2c2ccccc2F)cc1. The Bertz CT molecular complexity index is 1150. The fourth-order valence-electron chi connectivity index (χ4n) is 3.84. The van der Waals surface area contributed by atoms with E-state index in [1.165, 1.54) is 36.4 Å². The van der Waals surface area contributed by atoms with E-state index in [2.05, 4.69) is 5.32 Å². The molecule has 1 aliphatic heterocycles. The lowest BCUT2D eigenvalue weighted by Crippen LogP contribution is -2.67. The minimum atomic E-state index is -1.51. The molecule has 4 rings (SSSR count). The van der Waals surface area contributed by atoms with Crippen LogP contribution >= 0.6 is 0 Å². The first-order chi connectivity index (χ1) is 14.8. The summed E-state index contributed by atoms with van der Waals surface area (Å²) in [6.45, 7) is 0. The molecule has 0 aromatic heterocycles. The van der Waals surface area contributed by atoms with E-state index in [0.717, 1.165) is 10.6 Å². The summed E-state index contributed by atoms with van der Waals surface area (Å²) >= 11 is 0. The third-order valence-corrected chi connectivity index (χ3v) is 5.49. The Labute approximate surface area is 178 Å². The summed E-state index contributed by atoms with van der Waals surface area (Å²) < 4.78 is 28.8. The number of halogens is 2. The minimum absolute atomic E-state index is 0.000815. The molecule has 2 amide bonds. The third-order valence-electron chi connectivity index (χ3n) is 5.49. The van der Waals surface area contributed by atoms with Gasteiger partial charge in [0.2, 0.25) is 5.91 Å². The van der Waals surface area contributed by atoms with E-state index in [1.54, 1.807) is 24.3 Å². The summed E-state index contributed by atoms with van der Waals surface area (Å²) in [5.74, 6) is -2.23. The number of carbonyl (C=O) groups is 2. The number of anilines is 3. The first kappa shape index (κ1) is 20.5. The Morgan fingerprint density at radius 1 is 0.935 bits per heavy atom. The van der Waals surface area contributed by atoms with E-state index in [1.807, 2.05) is 31.1 Å². The van der Waals surface area contributed by atoms with E-state index in [4.69, 9.17) is 0 Å². The maximum atomic E-state index is 14.6. The Hall–Kier alpha value is -3.74. The van der Waals surface area contributed by atoms with Crippen LogP contribution in [0.1, 0.15) is 12.0 Å². The molecule has 0 radical (unpaired) electrons. The summed E-state index contributed by atoms with van der Waals surface area (Å²) in [7, 11) is 3.77. The lowest BCUT2D eigenvalue weighted by atomic mass is 9.75. The van der Waals surface area contributed by atoms with Gasteiger partial charge in [-0.2, -0.15) is 0 Å². The van der Waals surface area contributed by atoms with Gasteiger partial charge in [0.05, 0.1) is 17.8 Å².